The van der Waals surface area contributed by atoms with Crippen LogP contribution in [0.2, 0.25) is 0 Å². The molecule has 61 heavy (non-hydrogen) atoms. The quantitative estimate of drug-likeness (QED) is 0.0200. The molecule has 0 aliphatic carbocycles. The van der Waals surface area contributed by atoms with Gasteiger partial charge in [-0.25, -0.2) is 0 Å². The molecule has 352 valence electrons. The van der Waals surface area contributed by atoms with Crippen LogP contribution in [0.15, 0.2) is 60.8 Å². The fourth-order valence-corrected chi connectivity index (χ4v) is 7.11. The monoisotopic (exact) mass is 853 g/mol. The molecule has 0 saturated heterocycles. The topological polar surface area (TPSA) is 78.9 Å². The first kappa shape index (κ1) is 58.1. The number of ether oxygens (including phenoxy) is 3. The zero-order chi connectivity index (χ0) is 44.4. The van der Waals surface area contributed by atoms with Crippen molar-refractivity contribution in [1.82, 2.24) is 0 Å². The van der Waals surface area contributed by atoms with E-state index in [2.05, 4.69) is 81.5 Å². The Labute approximate surface area is 377 Å². The van der Waals surface area contributed by atoms with E-state index in [1.165, 1.54) is 109 Å². The third-order valence-corrected chi connectivity index (χ3v) is 11.0. The number of carbonyl (C=O) groups is 3. The SMILES string of the molecule is CC/C=C\C/C=C\CCCCCCCCCC(=O)OC(COC(=O)CCCCC/C=C\C=C/CCCCCCCCC)COC(=O)CCCCC/C=C\CCCCCCCC. The van der Waals surface area contributed by atoms with Crippen LogP contribution in [-0.4, -0.2) is 37.2 Å². The van der Waals surface area contributed by atoms with E-state index in [-0.39, 0.29) is 31.1 Å². The van der Waals surface area contributed by atoms with Gasteiger partial charge in [-0.15, -0.1) is 0 Å². The Morgan fingerprint density at radius 2 is 0.689 bits per heavy atom. The first-order valence-electron chi connectivity index (χ1n) is 25.8. The van der Waals surface area contributed by atoms with Crippen LogP contribution in [0.25, 0.3) is 0 Å². The van der Waals surface area contributed by atoms with Gasteiger partial charge in [-0.1, -0.05) is 197 Å². The van der Waals surface area contributed by atoms with Crippen molar-refractivity contribution in [2.24, 2.45) is 0 Å². The maximum absolute atomic E-state index is 12.8. The van der Waals surface area contributed by atoms with Gasteiger partial charge < -0.3 is 14.2 Å². The van der Waals surface area contributed by atoms with Gasteiger partial charge in [0.1, 0.15) is 13.2 Å². The van der Waals surface area contributed by atoms with Crippen molar-refractivity contribution in [1.29, 1.82) is 0 Å². The predicted molar refractivity (Wildman–Crippen MR) is 261 cm³/mol. The Morgan fingerprint density at radius 1 is 0.361 bits per heavy atom. The summed E-state index contributed by atoms with van der Waals surface area (Å²) in [5.41, 5.74) is 0. The van der Waals surface area contributed by atoms with Gasteiger partial charge in [0, 0.05) is 19.3 Å². The molecule has 0 aromatic rings. The second-order valence-corrected chi connectivity index (χ2v) is 17.1. The molecular formula is C55H96O6. The molecule has 0 radical (unpaired) electrons. The van der Waals surface area contributed by atoms with E-state index in [9.17, 15) is 14.4 Å². The molecule has 0 aliphatic rings. The lowest BCUT2D eigenvalue weighted by molar-refractivity contribution is -0.167. The second-order valence-electron chi connectivity index (χ2n) is 17.1. The van der Waals surface area contributed by atoms with E-state index in [1.807, 2.05) is 0 Å². The lowest BCUT2D eigenvalue weighted by Crippen LogP contribution is -2.30. The van der Waals surface area contributed by atoms with Gasteiger partial charge in [0.2, 0.25) is 0 Å². The van der Waals surface area contributed by atoms with E-state index < -0.39 is 6.10 Å². The maximum atomic E-state index is 12.8. The average Bonchev–Trinajstić information content (AvgIpc) is 3.26. The van der Waals surface area contributed by atoms with Crippen molar-refractivity contribution < 1.29 is 28.6 Å². The number of unbranched alkanes of at least 4 members (excludes halogenated alkanes) is 26. The molecule has 0 aliphatic heterocycles. The summed E-state index contributed by atoms with van der Waals surface area (Å²) < 4.78 is 16.7. The summed E-state index contributed by atoms with van der Waals surface area (Å²) in [6, 6.07) is 0. The van der Waals surface area contributed by atoms with Crippen molar-refractivity contribution in [2.75, 3.05) is 13.2 Å². The Hall–Kier alpha value is -2.89. The van der Waals surface area contributed by atoms with Gasteiger partial charge in [-0.05, 0) is 96.3 Å². The molecule has 6 nitrogen and oxygen atoms in total. The lowest BCUT2D eigenvalue weighted by atomic mass is 10.1. The van der Waals surface area contributed by atoms with Gasteiger partial charge in [-0.2, -0.15) is 0 Å². The number of rotatable bonds is 46. The van der Waals surface area contributed by atoms with Crippen LogP contribution >= 0.6 is 0 Å². The third-order valence-electron chi connectivity index (χ3n) is 11.0. The summed E-state index contributed by atoms with van der Waals surface area (Å²) in [6.07, 6.45) is 60.6. The average molecular weight is 853 g/mol. The predicted octanol–water partition coefficient (Wildman–Crippen LogP) is 16.9. The van der Waals surface area contributed by atoms with Crippen LogP contribution in [0.4, 0.5) is 0 Å². The zero-order valence-corrected chi connectivity index (χ0v) is 40.2. The number of allylic oxidation sites excluding steroid dienone is 10. The summed E-state index contributed by atoms with van der Waals surface area (Å²) in [6.45, 7) is 6.48. The second kappa shape index (κ2) is 49.8. The van der Waals surface area contributed by atoms with Crippen LogP contribution in [0, 0.1) is 0 Å². The number of hydrogen-bond acceptors (Lipinski definition) is 6. The highest BCUT2D eigenvalue weighted by atomic mass is 16.6. The van der Waals surface area contributed by atoms with Crippen molar-refractivity contribution in [3.8, 4) is 0 Å². The molecule has 1 unspecified atom stereocenters. The minimum atomic E-state index is -0.794. The normalized spacial score (nSPS) is 12.5. The summed E-state index contributed by atoms with van der Waals surface area (Å²) in [5, 5.41) is 0. The van der Waals surface area contributed by atoms with Crippen LogP contribution in [-0.2, 0) is 28.6 Å². The molecule has 0 aromatic carbocycles. The molecule has 0 aromatic heterocycles. The van der Waals surface area contributed by atoms with Crippen LogP contribution in [0.1, 0.15) is 252 Å². The smallest absolute Gasteiger partial charge is 0.306 e. The molecule has 0 N–H and O–H groups in total. The first-order valence-corrected chi connectivity index (χ1v) is 25.8. The molecular weight excluding hydrogens is 757 g/mol. The largest absolute Gasteiger partial charge is 0.462 e. The van der Waals surface area contributed by atoms with Crippen LogP contribution in [0.5, 0.6) is 0 Å². The minimum absolute atomic E-state index is 0.0938. The summed E-state index contributed by atoms with van der Waals surface area (Å²) in [7, 11) is 0. The Balaban J connectivity index is 4.44. The van der Waals surface area contributed by atoms with Crippen molar-refractivity contribution in [3.63, 3.8) is 0 Å². The highest BCUT2D eigenvalue weighted by Gasteiger charge is 2.19. The molecule has 0 bridgehead atoms. The minimum Gasteiger partial charge on any atom is -0.462 e. The molecule has 0 heterocycles. The summed E-state index contributed by atoms with van der Waals surface area (Å²) in [5.74, 6) is -0.941. The zero-order valence-electron chi connectivity index (χ0n) is 40.2. The van der Waals surface area contributed by atoms with E-state index in [0.717, 1.165) is 103 Å². The highest BCUT2D eigenvalue weighted by Crippen LogP contribution is 2.14. The Bertz CT molecular complexity index is 1120. The summed E-state index contributed by atoms with van der Waals surface area (Å²) in [4.78, 5) is 37.9. The molecule has 6 heteroatoms. The van der Waals surface area contributed by atoms with Gasteiger partial charge >= 0.3 is 17.9 Å². The standard InChI is InChI=1S/C55H96O6/c1-4-7-10-13-16-19-22-25-27-28-31-33-36-39-42-45-48-54(57)60-51-52(50-59-53(56)47-44-41-38-35-32-29-24-21-18-15-12-9-6-3)61-55(58)49-46-43-40-37-34-30-26-23-20-17-14-11-8-5-2/h8,11,17,20,27-29,31-33,52H,4-7,9-10,12-16,18-19,21-26,30,34-51H2,1-3H3/b11-8-,20-17-,28-27-,32-29-,33-31-. The van der Waals surface area contributed by atoms with Gasteiger partial charge in [-0.3, -0.25) is 14.4 Å². The molecule has 0 fully saturated rings. The first-order chi connectivity index (χ1) is 30.0. The van der Waals surface area contributed by atoms with E-state index >= 15 is 0 Å². The molecule has 0 amide bonds. The van der Waals surface area contributed by atoms with Gasteiger partial charge in [0.15, 0.2) is 6.10 Å². The number of hydrogen-bond donors (Lipinski definition) is 0. The van der Waals surface area contributed by atoms with Crippen molar-refractivity contribution >= 4 is 17.9 Å². The van der Waals surface area contributed by atoms with Crippen LogP contribution in [0.3, 0.4) is 0 Å². The fourth-order valence-electron chi connectivity index (χ4n) is 7.11. The highest BCUT2D eigenvalue weighted by molar-refractivity contribution is 5.71. The Kier molecular flexibility index (Phi) is 47.4. The van der Waals surface area contributed by atoms with Gasteiger partial charge in [0.25, 0.3) is 0 Å². The van der Waals surface area contributed by atoms with Crippen molar-refractivity contribution in [2.45, 2.75) is 258 Å². The molecule has 0 spiro atoms. The fraction of sp³-hybridized carbons (Fsp3) is 0.764. The lowest BCUT2D eigenvalue weighted by Gasteiger charge is -2.18. The van der Waals surface area contributed by atoms with E-state index in [0.29, 0.717) is 19.3 Å². The maximum Gasteiger partial charge on any atom is 0.306 e. The third kappa shape index (κ3) is 48.0. The molecule has 0 saturated carbocycles. The molecule has 1 atom stereocenters. The van der Waals surface area contributed by atoms with E-state index in [1.54, 1.807) is 0 Å². The summed E-state index contributed by atoms with van der Waals surface area (Å²) >= 11 is 0. The Morgan fingerprint density at radius 3 is 1.11 bits per heavy atom. The van der Waals surface area contributed by atoms with Gasteiger partial charge in [0.05, 0.1) is 0 Å². The molecule has 0 rings (SSSR count). The van der Waals surface area contributed by atoms with Crippen molar-refractivity contribution in [3.05, 3.63) is 60.8 Å². The van der Waals surface area contributed by atoms with E-state index in [4.69, 9.17) is 14.2 Å². The number of carbonyl (C=O) groups excluding carboxylic acids is 3. The number of esters is 3. The van der Waals surface area contributed by atoms with Crippen LogP contribution < -0.4 is 0 Å².